The van der Waals surface area contributed by atoms with Crippen LogP contribution in [0.2, 0.25) is 0 Å². The minimum Gasteiger partial charge on any atom is -0.495 e. The number of carbonyl (C=O) groups excluding carboxylic acids is 1. The molecule has 7 nitrogen and oxygen atoms in total. The van der Waals surface area contributed by atoms with Crippen LogP contribution in [-0.2, 0) is 16.4 Å². The molecular weight excluding hydrogens is 390 g/mol. The lowest BCUT2D eigenvalue weighted by Crippen LogP contribution is -2.28. The first-order chi connectivity index (χ1) is 14.0. The second kappa shape index (κ2) is 7.88. The predicted octanol–water partition coefficient (Wildman–Crippen LogP) is 2.59. The van der Waals surface area contributed by atoms with Crippen LogP contribution in [-0.4, -0.2) is 39.0 Å². The maximum absolute atomic E-state index is 12.6. The Labute approximate surface area is 169 Å². The summed E-state index contributed by atoms with van der Waals surface area (Å²) < 4.78 is 33.0. The van der Waals surface area contributed by atoms with Crippen LogP contribution in [0.3, 0.4) is 0 Å². The maximum Gasteiger partial charge on any atom is 0.251 e. The van der Waals surface area contributed by atoms with Crippen LogP contribution in [0, 0.1) is 0 Å². The average molecular weight is 413 g/mol. The molecule has 3 aromatic rings. The molecule has 0 aliphatic heterocycles. The van der Waals surface area contributed by atoms with Crippen molar-refractivity contribution in [1.82, 2.24) is 15.0 Å². The first-order valence-electron chi connectivity index (χ1n) is 9.51. The molecule has 1 aliphatic carbocycles. The van der Waals surface area contributed by atoms with Gasteiger partial charge in [0.25, 0.3) is 5.91 Å². The summed E-state index contributed by atoms with van der Waals surface area (Å²) in [6, 6.07) is 12.4. The van der Waals surface area contributed by atoms with E-state index in [-0.39, 0.29) is 28.2 Å². The van der Waals surface area contributed by atoms with Crippen molar-refractivity contribution in [3.63, 3.8) is 0 Å². The summed E-state index contributed by atoms with van der Waals surface area (Å²) >= 11 is 0. The van der Waals surface area contributed by atoms with Gasteiger partial charge >= 0.3 is 0 Å². The monoisotopic (exact) mass is 413 g/mol. The normalized spacial score (nSPS) is 14.1. The maximum atomic E-state index is 12.6. The number of fused-ring (bicyclic) bond motifs is 1. The van der Waals surface area contributed by atoms with Gasteiger partial charge in [-0.1, -0.05) is 18.2 Å². The zero-order valence-corrected chi connectivity index (χ0v) is 16.9. The molecule has 8 heteroatoms. The van der Waals surface area contributed by atoms with E-state index in [1.165, 1.54) is 19.2 Å². The molecular formula is C21H23N3O4S. The Morgan fingerprint density at radius 2 is 2.00 bits per heavy atom. The molecule has 0 bridgehead atoms. The van der Waals surface area contributed by atoms with Crippen LogP contribution in [0.1, 0.15) is 28.8 Å². The molecule has 29 heavy (non-hydrogen) atoms. The van der Waals surface area contributed by atoms with E-state index >= 15 is 0 Å². The third kappa shape index (κ3) is 4.28. The van der Waals surface area contributed by atoms with Crippen LogP contribution in [0.4, 0.5) is 0 Å². The molecule has 1 saturated carbocycles. The number of para-hydroxylation sites is 1. The van der Waals surface area contributed by atoms with Crippen LogP contribution in [0.15, 0.2) is 53.6 Å². The number of aromatic nitrogens is 1. The van der Waals surface area contributed by atoms with Crippen LogP contribution in [0.25, 0.3) is 10.9 Å². The summed E-state index contributed by atoms with van der Waals surface area (Å²) in [4.78, 5) is 15.8. The number of methoxy groups -OCH3 is 1. The molecule has 1 fully saturated rings. The van der Waals surface area contributed by atoms with Gasteiger partial charge in [-0.15, -0.1) is 0 Å². The topological polar surface area (TPSA) is 100 Å². The minimum atomic E-state index is -3.74. The first-order valence-corrected chi connectivity index (χ1v) is 11.0. The highest BCUT2D eigenvalue weighted by atomic mass is 32.2. The van der Waals surface area contributed by atoms with Crippen LogP contribution >= 0.6 is 0 Å². The Balaban J connectivity index is 1.46. The Morgan fingerprint density at radius 3 is 2.76 bits per heavy atom. The van der Waals surface area contributed by atoms with Gasteiger partial charge in [-0.25, -0.2) is 13.1 Å². The second-order valence-corrected chi connectivity index (χ2v) is 8.81. The Bertz CT molecular complexity index is 1150. The van der Waals surface area contributed by atoms with E-state index in [9.17, 15) is 13.2 Å². The molecule has 1 heterocycles. The Kier molecular flexibility index (Phi) is 5.29. The van der Waals surface area contributed by atoms with E-state index in [0.29, 0.717) is 13.0 Å². The summed E-state index contributed by atoms with van der Waals surface area (Å²) in [6.07, 6.45) is 4.27. The number of hydrogen-bond donors (Lipinski definition) is 3. The van der Waals surface area contributed by atoms with Gasteiger partial charge in [-0.05, 0) is 49.1 Å². The molecule has 0 unspecified atom stereocenters. The van der Waals surface area contributed by atoms with Gasteiger partial charge in [-0.3, -0.25) is 4.79 Å². The molecule has 0 spiro atoms. The third-order valence-electron chi connectivity index (χ3n) is 4.97. The zero-order chi connectivity index (χ0) is 20.4. The van der Waals surface area contributed by atoms with Crippen molar-refractivity contribution in [3.05, 3.63) is 59.8 Å². The molecule has 4 rings (SSSR count). The highest BCUT2D eigenvalue weighted by Gasteiger charge is 2.30. The Morgan fingerprint density at radius 1 is 1.21 bits per heavy atom. The molecule has 1 aromatic heterocycles. The van der Waals surface area contributed by atoms with E-state index < -0.39 is 10.0 Å². The third-order valence-corrected chi connectivity index (χ3v) is 6.51. The van der Waals surface area contributed by atoms with Crippen molar-refractivity contribution < 1.29 is 17.9 Å². The van der Waals surface area contributed by atoms with Gasteiger partial charge in [0.1, 0.15) is 10.6 Å². The largest absolute Gasteiger partial charge is 0.495 e. The van der Waals surface area contributed by atoms with Gasteiger partial charge in [0.15, 0.2) is 0 Å². The average Bonchev–Trinajstić information content (AvgIpc) is 3.43. The fourth-order valence-corrected chi connectivity index (χ4v) is 4.76. The number of rotatable bonds is 8. The lowest BCUT2D eigenvalue weighted by atomic mass is 10.1. The number of nitrogens with one attached hydrogen (secondary N) is 3. The van der Waals surface area contributed by atoms with Crippen molar-refractivity contribution in [1.29, 1.82) is 0 Å². The summed E-state index contributed by atoms with van der Waals surface area (Å²) in [6.45, 7) is 0.440. The second-order valence-electron chi connectivity index (χ2n) is 7.13. The number of amides is 1. The number of carbonyl (C=O) groups is 1. The fraction of sp³-hybridized carbons (Fsp3) is 0.286. The lowest BCUT2D eigenvalue weighted by Gasteiger charge is -2.12. The Hall–Kier alpha value is -2.84. The van der Waals surface area contributed by atoms with Crippen molar-refractivity contribution in [2.75, 3.05) is 13.7 Å². The quantitative estimate of drug-likeness (QED) is 0.528. The molecule has 3 N–H and O–H groups in total. The molecule has 1 aliphatic rings. The summed E-state index contributed by atoms with van der Waals surface area (Å²) in [7, 11) is -2.33. The lowest BCUT2D eigenvalue weighted by molar-refractivity contribution is 0.0954. The molecule has 0 saturated heterocycles. The van der Waals surface area contributed by atoms with Crippen molar-refractivity contribution in [2.24, 2.45) is 0 Å². The van der Waals surface area contributed by atoms with Gasteiger partial charge < -0.3 is 15.0 Å². The standard InChI is InChI=1S/C21H23N3O4S/c1-28-19-9-6-14(12-20(19)29(26,27)24-16-7-8-16)21(25)22-11-10-15-13-23-18-5-3-2-4-17(15)18/h2-6,9,12-13,16,23-24H,7-8,10-11H2,1H3,(H,22,25). The number of aromatic amines is 1. The predicted molar refractivity (Wildman–Crippen MR) is 111 cm³/mol. The zero-order valence-electron chi connectivity index (χ0n) is 16.1. The smallest absolute Gasteiger partial charge is 0.251 e. The molecule has 0 radical (unpaired) electrons. The van der Waals surface area contributed by atoms with E-state index in [2.05, 4.69) is 15.0 Å². The van der Waals surface area contributed by atoms with E-state index in [0.717, 1.165) is 29.3 Å². The summed E-state index contributed by atoms with van der Waals surface area (Å²) in [5.41, 5.74) is 2.45. The van der Waals surface area contributed by atoms with E-state index in [1.54, 1.807) is 6.07 Å². The molecule has 152 valence electrons. The van der Waals surface area contributed by atoms with Gasteiger partial charge in [-0.2, -0.15) is 0 Å². The SMILES string of the molecule is COc1ccc(C(=O)NCCc2c[nH]c3ccccc23)cc1S(=O)(=O)NC1CC1. The highest BCUT2D eigenvalue weighted by molar-refractivity contribution is 7.89. The number of H-pyrrole nitrogens is 1. The molecule has 0 atom stereocenters. The van der Waals surface area contributed by atoms with Crippen molar-refractivity contribution in [3.8, 4) is 5.75 Å². The minimum absolute atomic E-state index is 0.0174. The number of ether oxygens (including phenoxy) is 1. The highest BCUT2D eigenvalue weighted by Crippen LogP contribution is 2.28. The van der Waals surface area contributed by atoms with Gasteiger partial charge in [0, 0.05) is 35.2 Å². The first kappa shape index (κ1) is 19.5. The van der Waals surface area contributed by atoms with Crippen molar-refractivity contribution in [2.45, 2.75) is 30.2 Å². The number of hydrogen-bond acceptors (Lipinski definition) is 4. The van der Waals surface area contributed by atoms with E-state index in [4.69, 9.17) is 4.74 Å². The van der Waals surface area contributed by atoms with Crippen LogP contribution < -0.4 is 14.8 Å². The summed E-state index contributed by atoms with van der Waals surface area (Å²) in [5.74, 6) is -0.108. The summed E-state index contributed by atoms with van der Waals surface area (Å²) in [5, 5.41) is 3.99. The molecule has 1 amide bonds. The van der Waals surface area contributed by atoms with Crippen molar-refractivity contribution >= 4 is 26.8 Å². The van der Waals surface area contributed by atoms with Gasteiger partial charge in [0.2, 0.25) is 10.0 Å². The number of benzene rings is 2. The van der Waals surface area contributed by atoms with Crippen LogP contribution in [0.5, 0.6) is 5.75 Å². The van der Waals surface area contributed by atoms with E-state index in [1.807, 2.05) is 30.5 Å². The molecule has 2 aromatic carbocycles. The number of sulfonamides is 1. The van der Waals surface area contributed by atoms with Gasteiger partial charge in [0.05, 0.1) is 7.11 Å². The fourth-order valence-electron chi connectivity index (χ4n) is 3.26.